The highest BCUT2D eigenvalue weighted by atomic mass is 16.2. The molecular formula is C27H33N5O2. The first kappa shape index (κ1) is 22.4. The van der Waals surface area contributed by atoms with E-state index in [1.807, 2.05) is 28.0 Å². The molecule has 0 unspecified atom stereocenters. The van der Waals surface area contributed by atoms with Gasteiger partial charge in [0.15, 0.2) is 0 Å². The fourth-order valence-corrected chi connectivity index (χ4v) is 5.45. The van der Waals surface area contributed by atoms with Gasteiger partial charge in [-0.15, -0.1) is 0 Å². The van der Waals surface area contributed by atoms with Crippen LogP contribution in [0.25, 0.3) is 0 Å². The third-order valence-corrected chi connectivity index (χ3v) is 7.26. The molecule has 1 aliphatic carbocycles. The van der Waals surface area contributed by atoms with Crippen LogP contribution in [0, 0.1) is 11.3 Å². The number of carbonyl (C=O) groups is 2. The van der Waals surface area contributed by atoms with Gasteiger partial charge >= 0.3 is 0 Å². The number of rotatable bonds is 3. The van der Waals surface area contributed by atoms with Crippen LogP contribution in [0.2, 0.25) is 0 Å². The number of pyridine rings is 1. The van der Waals surface area contributed by atoms with Gasteiger partial charge in [-0.25, -0.2) is 4.98 Å². The van der Waals surface area contributed by atoms with Crippen LogP contribution in [-0.4, -0.2) is 41.5 Å². The lowest BCUT2D eigenvalue weighted by Crippen LogP contribution is -2.44. The second kappa shape index (κ2) is 8.78. The van der Waals surface area contributed by atoms with Gasteiger partial charge in [0.1, 0.15) is 5.82 Å². The topological polar surface area (TPSA) is 68.8 Å². The molecular weight excluding hydrogens is 426 g/mol. The molecule has 1 saturated carbocycles. The fourth-order valence-electron chi connectivity index (χ4n) is 5.45. The van der Waals surface area contributed by atoms with Gasteiger partial charge in [-0.2, -0.15) is 0 Å². The van der Waals surface area contributed by atoms with Crippen LogP contribution in [0.4, 0.5) is 22.9 Å². The van der Waals surface area contributed by atoms with Crippen molar-refractivity contribution in [1.29, 1.82) is 0 Å². The largest absolute Gasteiger partial charge is 0.354 e. The SMILES string of the molecule is C=CC(=O)N1CCCCN(c2ccc3c(c2)N(C(=O)C2CC(C)(C)C2)Cc2cccnc2N3)C1. The maximum absolute atomic E-state index is 13.7. The Morgan fingerprint density at radius 2 is 1.97 bits per heavy atom. The number of carbonyl (C=O) groups excluding carboxylic acids is 2. The molecule has 34 heavy (non-hydrogen) atoms. The molecule has 2 amide bonds. The minimum atomic E-state index is -0.0470. The van der Waals surface area contributed by atoms with Crippen molar-refractivity contribution in [2.45, 2.75) is 46.1 Å². The number of anilines is 4. The summed E-state index contributed by atoms with van der Waals surface area (Å²) < 4.78 is 0. The van der Waals surface area contributed by atoms with Crippen LogP contribution < -0.4 is 15.1 Å². The summed E-state index contributed by atoms with van der Waals surface area (Å²) in [5, 5.41) is 3.46. The Balaban J connectivity index is 1.50. The molecule has 3 heterocycles. The molecule has 5 rings (SSSR count). The summed E-state index contributed by atoms with van der Waals surface area (Å²) in [5.74, 6) is 0.965. The van der Waals surface area contributed by atoms with E-state index in [1.165, 1.54) is 6.08 Å². The van der Waals surface area contributed by atoms with E-state index in [9.17, 15) is 9.59 Å². The van der Waals surface area contributed by atoms with Crippen molar-refractivity contribution in [2.75, 3.05) is 34.9 Å². The third kappa shape index (κ3) is 4.27. The van der Waals surface area contributed by atoms with Crippen molar-refractivity contribution in [3.8, 4) is 0 Å². The molecule has 2 aliphatic heterocycles. The Kier molecular flexibility index (Phi) is 5.80. The smallest absolute Gasteiger partial charge is 0.247 e. The van der Waals surface area contributed by atoms with Crippen molar-refractivity contribution < 1.29 is 9.59 Å². The highest BCUT2D eigenvalue weighted by molar-refractivity contribution is 6.00. The number of benzene rings is 1. The van der Waals surface area contributed by atoms with E-state index < -0.39 is 0 Å². The molecule has 0 spiro atoms. The highest BCUT2D eigenvalue weighted by Gasteiger charge is 2.43. The molecule has 3 aliphatic rings. The zero-order chi connectivity index (χ0) is 23.9. The highest BCUT2D eigenvalue weighted by Crippen LogP contribution is 2.47. The van der Waals surface area contributed by atoms with Gasteiger partial charge in [0, 0.05) is 36.5 Å². The standard InChI is InChI=1S/C27H33N5O2/c1-4-24(33)31-13-6-5-12-30(18-31)21-9-10-22-23(14-21)32(26(34)20-15-27(2,3)16-20)17-19-8-7-11-28-25(19)29-22/h4,7-11,14,20H,1,5-6,12-13,15-18H2,2-3H3,(H,28,29). The minimum Gasteiger partial charge on any atom is -0.354 e. The summed E-state index contributed by atoms with van der Waals surface area (Å²) >= 11 is 0. The summed E-state index contributed by atoms with van der Waals surface area (Å²) in [7, 11) is 0. The summed E-state index contributed by atoms with van der Waals surface area (Å²) in [4.78, 5) is 36.6. The Morgan fingerprint density at radius 3 is 2.74 bits per heavy atom. The lowest BCUT2D eigenvalue weighted by molar-refractivity contribution is -0.129. The van der Waals surface area contributed by atoms with Gasteiger partial charge in [-0.3, -0.25) is 9.59 Å². The maximum Gasteiger partial charge on any atom is 0.247 e. The predicted octanol–water partition coefficient (Wildman–Crippen LogP) is 4.68. The number of fused-ring (bicyclic) bond motifs is 2. The Morgan fingerprint density at radius 1 is 1.18 bits per heavy atom. The van der Waals surface area contributed by atoms with E-state index in [1.54, 1.807) is 6.20 Å². The van der Waals surface area contributed by atoms with Crippen molar-refractivity contribution in [2.24, 2.45) is 11.3 Å². The van der Waals surface area contributed by atoms with Crippen LogP contribution in [-0.2, 0) is 16.1 Å². The van der Waals surface area contributed by atoms with Gasteiger partial charge in [-0.05, 0) is 61.4 Å². The molecule has 2 fully saturated rings. The summed E-state index contributed by atoms with van der Waals surface area (Å²) in [6.45, 7) is 10.7. The number of hydrogen-bond acceptors (Lipinski definition) is 5. The number of hydrogen-bond donors (Lipinski definition) is 1. The second-order valence-electron chi connectivity index (χ2n) is 10.4. The van der Waals surface area contributed by atoms with Crippen LogP contribution in [0.15, 0.2) is 49.2 Å². The summed E-state index contributed by atoms with van der Waals surface area (Å²) in [6, 6.07) is 10.1. The first-order valence-electron chi connectivity index (χ1n) is 12.2. The van der Waals surface area contributed by atoms with Gasteiger partial charge < -0.3 is 20.0 Å². The third-order valence-electron chi connectivity index (χ3n) is 7.26. The average Bonchev–Trinajstić information content (AvgIpc) is 3.16. The molecule has 1 N–H and O–H groups in total. The van der Waals surface area contributed by atoms with Gasteiger partial charge in [0.05, 0.1) is 24.6 Å². The zero-order valence-electron chi connectivity index (χ0n) is 20.1. The van der Waals surface area contributed by atoms with Gasteiger partial charge in [0.25, 0.3) is 0 Å². The number of nitrogens with one attached hydrogen (secondary N) is 1. The Bertz CT molecular complexity index is 1120. The molecule has 0 bridgehead atoms. The lowest BCUT2D eigenvalue weighted by Gasteiger charge is -2.43. The lowest BCUT2D eigenvalue weighted by atomic mass is 9.64. The van der Waals surface area contributed by atoms with E-state index in [4.69, 9.17) is 0 Å². The Labute approximate surface area is 201 Å². The molecule has 0 radical (unpaired) electrons. The maximum atomic E-state index is 13.7. The average molecular weight is 460 g/mol. The number of amides is 2. The van der Waals surface area contributed by atoms with Crippen LogP contribution in [0.1, 0.15) is 45.1 Å². The quantitative estimate of drug-likeness (QED) is 0.675. The van der Waals surface area contributed by atoms with E-state index >= 15 is 0 Å². The second-order valence-corrected chi connectivity index (χ2v) is 10.4. The molecule has 1 saturated heterocycles. The van der Waals surface area contributed by atoms with Crippen LogP contribution in [0.5, 0.6) is 0 Å². The van der Waals surface area contributed by atoms with Crippen molar-refractivity contribution in [3.05, 3.63) is 54.7 Å². The molecule has 1 aromatic heterocycles. The van der Waals surface area contributed by atoms with E-state index in [-0.39, 0.29) is 23.1 Å². The van der Waals surface area contributed by atoms with E-state index in [2.05, 4.69) is 47.8 Å². The molecule has 2 aromatic rings. The van der Waals surface area contributed by atoms with Crippen molar-refractivity contribution in [3.63, 3.8) is 0 Å². The van der Waals surface area contributed by atoms with Gasteiger partial charge in [-0.1, -0.05) is 26.5 Å². The van der Waals surface area contributed by atoms with Gasteiger partial charge in [0.2, 0.25) is 11.8 Å². The molecule has 7 nitrogen and oxygen atoms in total. The number of nitrogens with zero attached hydrogens (tertiary/aromatic N) is 4. The summed E-state index contributed by atoms with van der Waals surface area (Å²) in [5.41, 5.74) is 3.99. The van der Waals surface area contributed by atoms with Crippen molar-refractivity contribution >= 4 is 34.7 Å². The normalized spacial score (nSPS) is 19.6. The predicted molar refractivity (Wildman–Crippen MR) is 135 cm³/mol. The first-order chi connectivity index (χ1) is 16.3. The monoisotopic (exact) mass is 459 g/mol. The van der Waals surface area contributed by atoms with Crippen LogP contribution in [0.3, 0.4) is 0 Å². The van der Waals surface area contributed by atoms with E-state index in [0.29, 0.717) is 13.2 Å². The molecule has 178 valence electrons. The zero-order valence-corrected chi connectivity index (χ0v) is 20.1. The molecule has 1 aromatic carbocycles. The molecule has 0 atom stereocenters. The Hall–Kier alpha value is -3.35. The van der Waals surface area contributed by atoms with E-state index in [0.717, 1.165) is 67.2 Å². The minimum absolute atomic E-state index is 0.0450. The first-order valence-corrected chi connectivity index (χ1v) is 12.2. The fraction of sp³-hybridized carbons (Fsp3) is 0.444. The summed E-state index contributed by atoms with van der Waals surface area (Å²) in [6.07, 6.45) is 6.95. The van der Waals surface area contributed by atoms with Crippen molar-refractivity contribution in [1.82, 2.24) is 9.88 Å². The number of aromatic nitrogens is 1. The van der Waals surface area contributed by atoms with Crippen LogP contribution >= 0.6 is 0 Å². The molecule has 7 heteroatoms.